The second kappa shape index (κ2) is 8.43. The fraction of sp³-hybridized carbons (Fsp3) is 0.800. The van der Waals surface area contributed by atoms with Crippen LogP contribution in [0.3, 0.4) is 0 Å². The van der Waals surface area contributed by atoms with Gasteiger partial charge in [-0.2, -0.15) is 0 Å². The van der Waals surface area contributed by atoms with Crippen LogP contribution in [0.1, 0.15) is 57.8 Å². The molecule has 1 aliphatic heterocycles. The third-order valence-electron chi connectivity index (χ3n) is 6.07. The summed E-state index contributed by atoms with van der Waals surface area (Å²) in [5.41, 5.74) is 0. The molecule has 130 valence electrons. The molecule has 0 radical (unpaired) electrons. The van der Waals surface area contributed by atoms with Gasteiger partial charge in [0.2, 0.25) is 0 Å². The van der Waals surface area contributed by atoms with E-state index in [9.17, 15) is 4.39 Å². The maximum Gasteiger partial charge on any atom is 0.160 e. The van der Waals surface area contributed by atoms with Crippen LogP contribution in [0.25, 0.3) is 0 Å². The lowest BCUT2D eigenvalue weighted by atomic mass is 9.75. The lowest BCUT2D eigenvalue weighted by Gasteiger charge is -2.40. The van der Waals surface area contributed by atoms with Gasteiger partial charge < -0.3 is 9.47 Å². The highest BCUT2D eigenvalue weighted by molar-refractivity contribution is 4.98. The monoisotopic (exact) mass is 322 g/mol. The zero-order chi connectivity index (χ0) is 16.1. The van der Waals surface area contributed by atoms with Crippen LogP contribution in [0.2, 0.25) is 0 Å². The Morgan fingerprint density at radius 1 is 1.04 bits per heavy atom. The number of halogens is 1. The van der Waals surface area contributed by atoms with E-state index in [2.05, 4.69) is 6.58 Å². The van der Waals surface area contributed by atoms with Gasteiger partial charge in [0.05, 0.1) is 19.0 Å². The fourth-order valence-electron chi connectivity index (χ4n) is 4.45. The Labute approximate surface area is 140 Å². The molecule has 0 aromatic heterocycles. The molecule has 0 spiro atoms. The first-order valence-electron chi connectivity index (χ1n) is 9.45. The van der Waals surface area contributed by atoms with Crippen molar-refractivity contribution in [1.82, 2.24) is 0 Å². The number of hydrogen-bond acceptors (Lipinski definition) is 2. The van der Waals surface area contributed by atoms with Gasteiger partial charge in [-0.1, -0.05) is 25.0 Å². The predicted molar refractivity (Wildman–Crippen MR) is 90.6 cm³/mol. The summed E-state index contributed by atoms with van der Waals surface area (Å²) >= 11 is 0. The summed E-state index contributed by atoms with van der Waals surface area (Å²) in [7, 11) is 0. The van der Waals surface area contributed by atoms with E-state index in [1.807, 2.05) is 6.08 Å². The van der Waals surface area contributed by atoms with E-state index in [-0.39, 0.29) is 12.1 Å². The predicted octanol–water partition coefficient (Wildman–Crippen LogP) is 5.40. The minimum Gasteiger partial charge on any atom is -0.352 e. The van der Waals surface area contributed by atoms with Crippen LogP contribution >= 0.6 is 0 Å². The number of rotatable bonds is 5. The maximum atomic E-state index is 13.1. The molecule has 3 heteroatoms. The van der Waals surface area contributed by atoms with E-state index in [4.69, 9.17) is 9.47 Å². The minimum atomic E-state index is -0.112. The molecule has 2 fully saturated rings. The first-order chi connectivity index (χ1) is 11.3. The second-order valence-electron chi connectivity index (χ2n) is 7.63. The molecule has 1 heterocycles. The Balaban J connectivity index is 1.39. The van der Waals surface area contributed by atoms with Crippen molar-refractivity contribution in [3.8, 4) is 0 Å². The Kier molecular flexibility index (Phi) is 6.29. The van der Waals surface area contributed by atoms with Gasteiger partial charge in [0.25, 0.3) is 0 Å². The molecule has 2 nitrogen and oxygen atoms in total. The smallest absolute Gasteiger partial charge is 0.160 e. The fourth-order valence-corrected chi connectivity index (χ4v) is 4.45. The Hall–Kier alpha value is -0.670. The molecule has 0 bridgehead atoms. The largest absolute Gasteiger partial charge is 0.352 e. The Bertz CT molecular complexity index is 404. The Morgan fingerprint density at radius 2 is 1.78 bits per heavy atom. The lowest BCUT2D eigenvalue weighted by Crippen LogP contribution is -2.40. The second-order valence-corrected chi connectivity index (χ2v) is 7.63. The zero-order valence-electron chi connectivity index (χ0n) is 14.2. The molecule has 1 saturated carbocycles. The Morgan fingerprint density at radius 3 is 2.39 bits per heavy atom. The van der Waals surface area contributed by atoms with Crippen LogP contribution in [0.4, 0.5) is 4.39 Å². The van der Waals surface area contributed by atoms with Crippen LogP contribution < -0.4 is 0 Å². The van der Waals surface area contributed by atoms with Gasteiger partial charge in [-0.15, -0.1) is 6.58 Å². The number of hydrogen-bond donors (Lipinski definition) is 0. The normalized spacial score (nSPS) is 38.8. The molecule has 1 unspecified atom stereocenters. The third kappa shape index (κ3) is 4.67. The molecule has 0 N–H and O–H groups in total. The van der Waals surface area contributed by atoms with Crippen molar-refractivity contribution in [3.63, 3.8) is 0 Å². The molecule has 2 aliphatic carbocycles. The van der Waals surface area contributed by atoms with Crippen molar-refractivity contribution < 1.29 is 13.9 Å². The van der Waals surface area contributed by atoms with Gasteiger partial charge in [0.1, 0.15) is 0 Å². The zero-order valence-corrected chi connectivity index (χ0v) is 14.2. The average Bonchev–Trinajstić information content (AvgIpc) is 2.61. The summed E-state index contributed by atoms with van der Waals surface area (Å²) in [6.45, 7) is 5.48. The van der Waals surface area contributed by atoms with Gasteiger partial charge in [0, 0.05) is 11.8 Å². The van der Waals surface area contributed by atoms with Crippen LogP contribution in [-0.4, -0.2) is 19.5 Å². The van der Waals surface area contributed by atoms with E-state index in [1.54, 1.807) is 6.08 Å². The molecule has 0 amide bonds. The maximum absolute atomic E-state index is 13.1. The van der Waals surface area contributed by atoms with Crippen LogP contribution in [0, 0.1) is 23.7 Å². The summed E-state index contributed by atoms with van der Waals surface area (Å²) < 4.78 is 25.2. The molecule has 23 heavy (non-hydrogen) atoms. The van der Waals surface area contributed by atoms with Crippen molar-refractivity contribution >= 4 is 0 Å². The molecule has 3 rings (SSSR count). The molecule has 1 saturated heterocycles. The summed E-state index contributed by atoms with van der Waals surface area (Å²) in [6.07, 6.45) is 13.6. The van der Waals surface area contributed by atoms with Crippen molar-refractivity contribution in [2.24, 2.45) is 23.7 Å². The molecular formula is C20H31FO2. The van der Waals surface area contributed by atoms with Crippen molar-refractivity contribution in [2.75, 3.05) is 13.2 Å². The lowest BCUT2D eigenvalue weighted by molar-refractivity contribution is -0.233. The van der Waals surface area contributed by atoms with Gasteiger partial charge in [0.15, 0.2) is 6.29 Å². The molecule has 3 aliphatic rings. The first-order valence-corrected chi connectivity index (χ1v) is 9.45. The van der Waals surface area contributed by atoms with Crippen molar-refractivity contribution in [2.45, 2.75) is 64.1 Å². The minimum absolute atomic E-state index is 0.0307. The summed E-state index contributed by atoms with van der Waals surface area (Å²) in [4.78, 5) is 0. The highest BCUT2D eigenvalue weighted by Gasteiger charge is 2.34. The average molecular weight is 322 g/mol. The highest BCUT2D eigenvalue weighted by atomic mass is 19.1. The molecule has 1 atom stereocenters. The topological polar surface area (TPSA) is 18.5 Å². The molecule has 0 aromatic carbocycles. The standard InChI is InChI=1S/C20H31FO2/c1-2-3-4-15-5-7-16(8-6-15)18-13-22-20(23-14-18)17-9-11-19(21)12-10-17/h2,11,15-18,20H,1,3-10,12-14H2. The summed E-state index contributed by atoms with van der Waals surface area (Å²) in [5.74, 6) is 2.58. The van der Waals surface area contributed by atoms with Gasteiger partial charge in [-0.05, 0) is 56.8 Å². The SMILES string of the molecule is C=CCCC1CCC(C2COC(C3CC=C(F)CC3)OC2)CC1. The summed E-state index contributed by atoms with van der Waals surface area (Å²) in [6, 6.07) is 0. The van der Waals surface area contributed by atoms with E-state index in [0.29, 0.717) is 18.3 Å². The van der Waals surface area contributed by atoms with E-state index < -0.39 is 0 Å². The summed E-state index contributed by atoms with van der Waals surface area (Å²) in [5, 5.41) is 0. The van der Waals surface area contributed by atoms with Crippen molar-refractivity contribution in [3.05, 3.63) is 24.6 Å². The quantitative estimate of drug-likeness (QED) is 0.631. The highest BCUT2D eigenvalue weighted by Crippen LogP contribution is 2.38. The molecule has 0 aromatic rings. The van der Waals surface area contributed by atoms with Crippen LogP contribution in [-0.2, 0) is 9.47 Å². The van der Waals surface area contributed by atoms with Crippen molar-refractivity contribution in [1.29, 1.82) is 0 Å². The van der Waals surface area contributed by atoms with Gasteiger partial charge >= 0.3 is 0 Å². The van der Waals surface area contributed by atoms with Gasteiger partial charge in [-0.25, -0.2) is 4.39 Å². The number of ether oxygens (including phenoxy) is 2. The van der Waals surface area contributed by atoms with Crippen LogP contribution in [0.15, 0.2) is 24.6 Å². The van der Waals surface area contributed by atoms with E-state index in [0.717, 1.165) is 44.3 Å². The first kappa shape index (κ1) is 17.2. The molecular weight excluding hydrogens is 291 g/mol. The number of allylic oxidation sites excluding steroid dienone is 3. The van der Waals surface area contributed by atoms with E-state index in [1.165, 1.54) is 32.1 Å². The van der Waals surface area contributed by atoms with E-state index >= 15 is 0 Å². The van der Waals surface area contributed by atoms with Crippen LogP contribution in [0.5, 0.6) is 0 Å². The third-order valence-corrected chi connectivity index (χ3v) is 6.07. The van der Waals surface area contributed by atoms with Gasteiger partial charge in [-0.3, -0.25) is 0 Å².